The van der Waals surface area contributed by atoms with Gasteiger partial charge in [-0.05, 0) is 20.1 Å². The third kappa shape index (κ3) is 38.3. The molecule has 19 heavy (non-hydrogen) atoms. The maximum Gasteiger partial charge on any atom is 0.234 e. The number of rotatable bonds is 3. The molecular weight excluding hydrogens is 296 g/mol. The number of hydrazone groups is 2. The molecule has 0 spiro atoms. The summed E-state index contributed by atoms with van der Waals surface area (Å²) in [4.78, 5) is 8.64. The molecule has 10 nitrogen and oxygen atoms in total. The molecule has 0 aromatic heterocycles. The molecule has 0 heterocycles. The van der Waals surface area contributed by atoms with Crippen molar-refractivity contribution < 1.29 is 9.68 Å². The molecule has 0 saturated carbocycles. The van der Waals surface area contributed by atoms with Gasteiger partial charge in [-0.25, -0.2) is 11.4 Å². The fourth-order valence-corrected chi connectivity index (χ4v) is 0.331. The molecule has 0 aromatic rings. The molecule has 0 bridgehead atoms. The van der Waals surface area contributed by atoms with Crippen molar-refractivity contribution in [1.29, 1.82) is 0 Å². The van der Waals surface area contributed by atoms with Gasteiger partial charge in [-0.2, -0.15) is 5.10 Å². The van der Waals surface area contributed by atoms with Crippen molar-refractivity contribution in [2.24, 2.45) is 39.3 Å². The lowest BCUT2D eigenvalue weighted by atomic mass is 10.9. The summed E-state index contributed by atoms with van der Waals surface area (Å²) in [7, 11) is 0. The van der Waals surface area contributed by atoms with Crippen molar-refractivity contribution in [1.82, 2.24) is 5.48 Å². The zero-order valence-electron chi connectivity index (χ0n) is 11.3. The summed E-state index contributed by atoms with van der Waals surface area (Å²) in [5.74, 6) is 14.1. The number of thioether (sulfide) groups is 1. The molecule has 0 rings (SSSR count). The van der Waals surface area contributed by atoms with Gasteiger partial charge in [0.25, 0.3) is 0 Å². The minimum absolute atomic E-state index is 0. The third-order valence-electron chi connectivity index (χ3n) is 0.963. The van der Waals surface area contributed by atoms with Crippen LogP contribution in [-0.4, -0.2) is 30.6 Å². The van der Waals surface area contributed by atoms with Gasteiger partial charge in [0.1, 0.15) is 0 Å². The molecule has 0 amide bonds. The molecule has 11 N–H and O–H groups in total. The van der Waals surface area contributed by atoms with E-state index in [2.05, 4.69) is 31.3 Å². The first-order valence-electron chi connectivity index (χ1n) is 4.83. The summed E-state index contributed by atoms with van der Waals surface area (Å²) in [6.45, 7) is 4.77. The molecule has 0 radical (unpaired) electrons. The normalized spacial score (nSPS) is 10.1. The number of hydrogen-bond donors (Lipinski definition) is 6. The summed E-state index contributed by atoms with van der Waals surface area (Å²) in [5, 5.41) is 6.66. The number of nitrogens with two attached hydrogens (primary N) is 5. The smallest absolute Gasteiger partial charge is 0.234 e. The first kappa shape index (κ1) is 26.4. The molecule has 0 fully saturated rings. The zero-order chi connectivity index (χ0) is 14.8. The average molecular weight is 321 g/mol. The summed E-state index contributed by atoms with van der Waals surface area (Å²) in [6.07, 6.45) is 1.81. The quantitative estimate of drug-likeness (QED) is 0.157. The first-order valence-corrected chi connectivity index (χ1v) is 6.06. The van der Waals surface area contributed by atoms with Gasteiger partial charge in [0.05, 0.1) is 13.2 Å². The van der Waals surface area contributed by atoms with Crippen molar-refractivity contribution in [3.05, 3.63) is 0 Å². The molecule has 0 aromatic carbocycles. The van der Waals surface area contributed by atoms with Crippen LogP contribution in [0.2, 0.25) is 0 Å². The Kier molecular flexibility index (Phi) is 35.7. The third-order valence-corrected chi connectivity index (χ3v) is 1.49. The lowest BCUT2D eigenvalue weighted by Crippen LogP contribution is -2.32. The van der Waals surface area contributed by atoms with Crippen LogP contribution in [-0.2, 0) is 9.68 Å². The number of amidine groups is 1. The molecule has 0 unspecified atom stereocenters. The van der Waals surface area contributed by atoms with Crippen LogP contribution in [0.5, 0.6) is 0 Å². The van der Waals surface area contributed by atoms with E-state index in [1.165, 1.54) is 11.8 Å². The van der Waals surface area contributed by atoms with E-state index in [1.807, 2.05) is 20.1 Å². The Hall–Kier alpha value is -1.14. The Balaban J connectivity index is -0.0000000916. The van der Waals surface area contributed by atoms with Crippen LogP contribution < -0.4 is 34.5 Å². The van der Waals surface area contributed by atoms with E-state index in [4.69, 9.17) is 23.2 Å². The Labute approximate surface area is 123 Å². The largest absolute Gasteiger partial charge is 0.377 e. The van der Waals surface area contributed by atoms with Crippen LogP contribution in [0.4, 0.5) is 0 Å². The summed E-state index contributed by atoms with van der Waals surface area (Å²) < 4.78 is 0. The van der Waals surface area contributed by atoms with E-state index < -0.39 is 0 Å². The molecular formula is C7H25ClN8O2S. The van der Waals surface area contributed by atoms with E-state index in [9.17, 15) is 0 Å². The number of nitrogens with zero attached hydrogens (tertiary/aromatic N) is 2. The van der Waals surface area contributed by atoms with Gasteiger partial charge in [-0.3, -0.25) is 4.84 Å². The number of hydrogen-bond acceptors (Lipinski definition) is 8. The highest BCUT2D eigenvalue weighted by Gasteiger charge is 1.82. The average Bonchev–Trinajstić information content (AvgIpc) is 2.44. The predicted molar refractivity (Wildman–Crippen MR) is 83.0 cm³/mol. The Morgan fingerprint density at radius 2 is 1.63 bits per heavy atom. The van der Waals surface area contributed by atoms with Gasteiger partial charge >= 0.3 is 0 Å². The maximum atomic E-state index is 5.06. The molecule has 12 heteroatoms. The van der Waals surface area contributed by atoms with Gasteiger partial charge in [0.2, 0.25) is 5.96 Å². The molecule has 0 saturated heterocycles. The van der Waals surface area contributed by atoms with Gasteiger partial charge in [-0.1, -0.05) is 11.8 Å². The molecule has 0 aliphatic heterocycles. The highest BCUT2D eigenvalue weighted by atomic mass is 35.5. The van der Waals surface area contributed by atoms with E-state index in [1.54, 1.807) is 0 Å². The highest BCUT2D eigenvalue weighted by Crippen LogP contribution is 1.85. The summed E-state index contributed by atoms with van der Waals surface area (Å²) in [5.41, 5.74) is 12.4. The maximum absolute atomic E-state index is 5.06. The summed E-state index contributed by atoms with van der Waals surface area (Å²) >= 11 is 1.33. The van der Waals surface area contributed by atoms with Crippen LogP contribution in [0.1, 0.15) is 13.8 Å². The minimum Gasteiger partial charge on any atom is -0.377 e. The van der Waals surface area contributed by atoms with Crippen molar-refractivity contribution in [2.75, 3.05) is 19.5 Å². The van der Waals surface area contributed by atoms with Crippen LogP contribution in [0.3, 0.4) is 0 Å². The van der Waals surface area contributed by atoms with E-state index in [0.717, 1.165) is 0 Å². The molecule has 118 valence electrons. The van der Waals surface area contributed by atoms with Crippen molar-refractivity contribution in [2.45, 2.75) is 13.8 Å². The Morgan fingerprint density at radius 3 is 1.79 bits per heavy atom. The van der Waals surface area contributed by atoms with Crippen LogP contribution in [0, 0.1) is 0 Å². The van der Waals surface area contributed by atoms with Gasteiger partial charge in [0.15, 0.2) is 5.17 Å². The van der Waals surface area contributed by atoms with E-state index in [0.29, 0.717) is 18.4 Å². The predicted octanol–water partition coefficient (Wildman–Crippen LogP) is -1.43. The molecule has 0 atom stereocenters. The summed E-state index contributed by atoms with van der Waals surface area (Å²) in [6, 6.07) is 0. The monoisotopic (exact) mass is 320 g/mol. The first-order chi connectivity index (χ1) is 8.53. The SMILES string of the molecule is CCON.CCONC(N)=NN.CSC(N)=NN.Cl. The lowest BCUT2D eigenvalue weighted by molar-refractivity contribution is 0.0957. The van der Waals surface area contributed by atoms with Gasteiger partial charge in [0, 0.05) is 0 Å². The van der Waals surface area contributed by atoms with E-state index >= 15 is 0 Å². The van der Waals surface area contributed by atoms with E-state index in [-0.39, 0.29) is 18.4 Å². The molecule has 0 aliphatic carbocycles. The Morgan fingerprint density at radius 1 is 1.16 bits per heavy atom. The van der Waals surface area contributed by atoms with Crippen molar-refractivity contribution in [3.63, 3.8) is 0 Å². The highest BCUT2D eigenvalue weighted by molar-refractivity contribution is 8.13. The van der Waals surface area contributed by atoms with Crippen LogP contribution >= 0.6 is 24.2 Å². The second-order valence-electron chi connectivity index (χ2n) is 2.18. The fourth-order valence-electron chi connectivity index (χ4n) is 0.225. The van der Waals surface area contributed by atoms with Crippen LogP contribution in [0.15, 0.2) is 10.2 Å². The fraction of sp³-hybridized carbons (Fsp3) is 0.714. The number of halogens is 1. The standard InChI is InChI=1S/C3H10N4O.C2H7N3S.C2H7NO.ClH/c1-2-8-7-3(4)6-5;1-6-2(3)5-4;1-2-4-3;/h2,5H2,1H3,(H3,4,6,7);4H2,1H3,(H2,3,5);2-3H2,1H3;1H. The number of nitrogens with one attached hydrogen (secondary N) is 1. The second kappa shape index (κ2) is 25.6. The topological polar surface area (TPSA) is 185 Å². The minimum atomic E-state index is 0. The second-order valence-corrected chi connectivity index (χ2v) is 3.00. The van der Waals surface area contributed by atoms with Crippen molar-refractivity contribution >= 4 is 35.3 Å². The Bertz CT molecular complexity index is 217. The van der Waals surface area contributed by atoms with Crippen LogP contribution in [0.25, 0.3) is 0 Å². The van der Waals surface area contributed by atoms with Crippen molar-refractivity contribution in [3.8, 4) is 0 Å². The molecule has 0 aliphatic rings. The zero-order valence-corrected chi connectivity index (χ0v) is 13.0. The number of hydroxylamine groups is 1. The van der Waals surface area contributed by atoms with Gasteiger partial charge in [-0.15, -0.1) is 17.5 Å². The lowest BCUT2D eigenvalue weighted by Gasteiger charge is -1.99. The number of guanidine groups is 1. The van der Waals surface area contributed by atoms with Gasteiger partial charge < -0.3 is 28.0 Å².